The Hall–Kier alpha value is -1.48. The van der Waals surface area contributed by atoms with Gasteiger partial charge in [-0.2, -0.15) is 5.10 Å². The molecule has 1 aromatic heterocycles. The van der Waals surface area contributed by atoms with Crippen LogP contribution in [-0.4, -0.2) is 114 Å². The van der Waals surface area contributed by atoms with Crippen molar-refractivity contribution in [1.82, 2.24) is 29.4 Å². The quantitative estimate of drug-likeness (QED) is 0.706. The summed E-state index contributed by atoms with van der Waals surface area (Å²) in [4.78, 5) is 22.7. The van der Waals surface area contributed by atoms with Crippen molar-refractivity contribution in [2.45, 2.75) is 37.8 Å². The fourth-order valence-corrected chi connectivity index (χ4v) is 5.09. The van der Waals surface area contributed by atoms with Gasteiger partial charge in [-0.25, -0.2) is 0 Å². The van der Waals surface area contributed by atoms with Crippen LogP contribution in [-0.2, 0) is 16.6 Å². The third-order valence-corrected chi connectivity index (χ3v) is 6.80. The number of rotatable bonds is 5. The Morgan fingerprint density at radius 3 is 2.57 bits per heavy atom. The Kier molecular flexibility index (Phi) is 7.41. The first-order valence-electron chi connectivity index (χ1n) is 11.6. The summed E-state index contributed by atoms with van der Waals surface area (Å²) in [6.45, 7) is 9.11. The maximum atomic E-state index is 13.4. The number of carbonyl (C=O) groups is 1. The molecule has 4 heterocycles. The van der Waals surface area contributed by atoms with E-state index in [4.69, 9.17) is 4.74 Å². The third kappa shape index (κ3) is 5.41. The number of ether oxygens (including phenoxy) is 1. The van der Waals surface area contributed by atoms with E-state index in [1.807, 2.05) is 24.1 Å². The summed E-state index contributed by atoms with van der Waals surface area (Å²) in [7, 11) is 4.13. The van der Waals surface area contributed by atoms with Crippen molar-refractivity contribution < 1.29 is 9.53 Å². The summed E-state index contributed by atoms with van der Waals surface area (Å²) in [6, 6.07) is -0.0641. The van der Waals surface area contributed by atoms with Crippen molar-refractivity contribution in [3.05, 3.63) is 18.0 Å². The molecular weight excluding hydrogens is 380 g/mol. The molecule has 0 aromatic carbocycles. The fraction of sp³-hybridized carbons (Fsp3) is 0.818. The first kappa shape index (κ1) is 21.7. The molecule has 3 fully saturated rings. The first-order valence-corrected chi connectivity index (χ1v) is 11.6. The number of aromatic nitrogens is 2. The molecule has 0 N–H and O–H groups in total. The lowest BCUT2D eigenvalue weighted by molar-refractivity contribution is -0.149. The summed E-state index contributed by atoms with van der Waals surface area (Å²) < 4.78 is 8.12. The molecule has 8 heteroatoms. The Morgan fingerprint density at radius 1 is 1.00 bits per heavy atom. The molecule has 0 saturated carbocycles. The van der Waals surface area contributed by atoms with Gasteiger partial charge in [-0.05, 0) is 52.5 Å². The molecule has 0 aliphatic carbocycles. The van der Waals surface area contributed by atoms with E-state index in [-0.39, 0.29) is 18.1 Å². The van der Waals surface area contributed by atoms with E-state index >= 15 is 0 Å². The topological polar surface area (TPSA) is 57.1 Å². The number of likely N-dealkylation sites (N-methyl/N-ethyl adjacent to an activating group) is 1. The Labute approximate surface area is 180 Å². The minimum absolute atomic E-state index is 0.0170. The van der Waals surface area contributed by atoms with Crippen molar-refractivity contribution in [2.75, 3.05) is 72.6 Å². The fourth-order valence-electron chi connectivity index (χ4n) is 5.09. The highest BCUT2D eigenvalue weighted by molar-refractivity contribution is 5.79. The second-order valence-corrected chi connectivity index (χ2v) is 9.18. The lowest BCUT2D eigenvalue weighted by Gasteiger charge is -2.43. The Bertz CT molecular complexity index is 689. The molecule has 1 aromatic rings. The standard InChI is InChI=1S/C22H38N6O2/c1-24-7-6-10-27(12-11-24)17-20-22(19-15-23-25(2)16-19)28(13-14-30-20)21(29)18-26-8-4-3-5-9-26/h15-16,20,22H,3-14,17-18H2,1-2H3/t20-,22-/m0/s1. The Balaban J connectivity index is 1.49. The van der Waals surface area contributed by atoms with Gasteiger partial charge in [0.1, 0.15) is 0 Å². The van der Waals surface area contributed by atoms with Gasteiger partial charge in [0, 0.05) is 45.0 Å². The monoisotopic (exact) mass is 418 g/mol. The van der Waals surface area contributed by atoms with E-state index in [1.54, 1.807) is 0 Å². The SMILES string of the molecule is CN1CCCN(C[C@@H]2OCCN(C(=O)CN3CCCCC3)[C@H]2c2cnn(C)c2)CC1. The minimum atomic E-state index is -0.0641. The summed E-state index contributed by atoms with van der Waals surface area (Å²) in [5.41, 5.74) is 1.08. The average molecular weight is 419 g/mol. The van der Waals surface area contributed by atoms with Gasteiger partial charge in [0.25, 0.3) is 0 Å². The molecule has 3 saturated heterocycles. The predicted molar refractivity (Wildman–Crippen MR) is 116 cm³/mol. The Morgan fingerprint density at radius 2 is 1.80 bits per heavy atom. The zero-order valence-electron chi connectivity index (χ0n) is 18.7. The van der Waals surface area contributed by atoms with Crippen LogP contribution in [0.4, 0.5) is 0 Å². The molecule has 1 amide bonds. The van der Waals surface area contributed by atoms with Gasteiger partial charge in [0.15, 0.2) is 0 Å². The lowest BCUT2D eigenvalue weighted by Crippen LogP contribution is -2.54. The number of likely N-dealkylation sites (tertiary alicyclic amines) is 1. The van der Waals surface area contributed by atoms with Crippen molar-refractivity contribution in [3.63, 3.8) is 0 Å². The third-order valence-electron chi connectivity index (χ3n) is 6.80. The summed E-state index contributed by atoms with van der Waals surface area (Å²) in [6.07, 6.45) is 8.80. The minimum Gasteiger partial charge on any atom is -0.373 e. The van der Waals surface area contributed by atoms with E-state index in [1.165, 1.54) is 25.7 Å². The number of aryl methyl sites for hydroxylation is 1. The number of nitrogens with zero attached hydrogens (tertiary/aromatic N) is 6. The molecule has 30 heavy (non-hydrogen) atoms. The van der Waals surface area contributed by atoms with Crippen LogP contribution >= 0.6 is 0 Å². The number of morpholine rings is 1. The molecular formula is C22H38N6O2. The van der Waals surface area contributed by atoms with Gasteiger partial charge in [-0.1, -0.05) is 6.42 Å². The highest BCUT2D eigenvalue weighted by Gasteiger charge is 2.38. The highest BCUT2D eigenvalue weighted by atomic mass is 16.5. The van der Waals surface area contributed by atoms with Crippen LogP contribution in [0.15, 0.2) is 12.4 Å². The molecule has 3 aliphatic heterocycles. The average Bonchev–Trinajstić information content (AvgIpc) is 3.07. The van der Waals surface area contributed by atoms with E-state index in [0.717, 1.165) is 51.4 Å². The number of carbonyl (C=O) groups excluding carboxylic acids is 1. The smallest absolute Gasteiger partial charge is 0.237 e. The van der Waals surface area contributed by atoms with Crippen LogP contribution in [0, 0.1) is 0 Å². The lowest BCUT2D eigenvalue weighted by atomic mass is 9.99. The number of hydrogen-bond acceptors (Lipinski definition) is 6. The van der Waals surface area contributed by atoms with Crippen molar-refractivity contribution in [1.29, 1.82) is 0 Å². The summed E-state index contributed by atoms with van der Waals surface area (Å²) in [5.74, 6) is 0.231. The molecule has 3 aliphatic rings. The van der Waals surface area contributed by atoms with Crippen molar-refractivity contribution in [2.24, 2.45) is 7.05 Å². The summed E-state index contributed by atoms with van der Waals surface area (Å²) in [5, 5.41) is 4.40. The second kappa shape index (κ2) is 10.2. The maximum Gasteiger partial charge on any atom is 0.237 e. The van der Waals surface area contributed by atoms with Gasteiger partial charge in [0.2, 0.25) is 5.91 Å². The van der Waals surface area contributed by atoms with Gasteiger partial charge in [-0.15, -0.1) is 0 Å². The van der Waals surface area contributed by atoms with Crippen LogP contribution in [0.1, 0.15) is 37.3 Å². The second-order valence-electron chi connectivity index (χ2n) is 9.18. The van der Waals surface area contributed by atoms with E-state index in [0.29, 0.717) is 19.7 Å². The first-order chi connectivity index (χ1) is 14.6. The van der Waals surface area contributed by atoms with Crippen LogP contribution in [0.25, 0.3) is 0 Å². The number of amides is 1. The molecule has 0 unspecified atom stereocenters. The van der Waals surface area contributed by atoms with E-state index < -0.39 is 0 Å². The zero-order valence-corrected chi connectivity index (χ0v) is 18.7. The molecule has 4 rings (SSSR count). The van der Waals surface area contributed by atoms with Crippen molar-refractivity contribution in [3.8, 4) is 0 Å². The number of hydrogen-bond donors (Lipinski definition) is 0. The van der Waals surface area contributed by atoms with Crippen LogP contribution in [0.2, 0.25) is 0 Å². The molecule has 0 bridgehead atoms. The zero-order chi connectivity index (χ0) is 20.9. The van der Waals surface area contributed by atoms with Crippen molar-refractivity contribution >= 4 is 5.91 Å². The molecule has 0 radical (unpaired) electrons. The van der Waals surface area contributed by atoms with Gasteiger partial charge >= 0.3 is 0 Å². The van der Waals surface area contributed by atoms with Crippen LogP contribution < -0.4 is 0 Å². The summed E-state index contributed by atoms with van der Waals surface area (Å²) >= 11 is 0. The predicted octanol–water partition coefficient (Wildman–Crippen LogP) is 0.812. The molecule has 0 spiro atoms. The molecule has 2 atom stereocenters. The van der Waals surface area contributed by atoms with Gasteiger partial charge in [-0.3, -0.25) is 19.3 Å². The largest absolute Gasteiger partial charge is 0.373 e. The maximum absolute atomic E-state index is 13.4. The van der Waals surface area contributed by atoms with Gasteiger partial charge in [0.05, 0.1) is 31.5 Å². The van der Waals surface area contributed by atoms with E-state index in [2.05, 4.69) is 31.7 Å². The normalized spacial score (nSPS) is 27.9. The van der Waals surface area contributed by atoms with E-state index in [9.17, 15) is 4.79 Å². The molecule has 8 nitrogen and oxygen atoms in total. The van der Waals surface area contributed by atoms with Crippen LogP contribution in [0.3, 0.4) is 0 Å². The highest BCUT2D eigenvalue weighted by Crippen LogP contribution is 2.30. The van der Waals surface area contributed by atoms with Gasteiger partial charge < -0.3 is 14.5 Å². The number of piperidine rings is 1. The molecule has 168 valence electrons. The van der Waals surface area contributed by atoms with Crippen LogP contribution in [0.5, 0.6) is 0 Å².